The lowest BCUT2D eigenvalue weighted by molar-refractivity contribution is -0.136. The van der Waals surface area contributed by atoms with Crippen LogP contribution in [0, 0.1) is 19.8 Å². The summed E-state index contributed by atoms with van der Waals surface area (Å²) in [5.74, 6) is 0.676. The Morgan fingerprint density at radius 2 is 2.08 bits per heavy atom. The molecule has 0 unspecified atom stereocenters. The maximum atomic E-state index is 12.7. The highest BCUT2D eigenvalue weighted by Crippen LogP contribution is 2.25. The van der Waals surface area contributed by atoms with Gasteiger partial charge in [-0.05, 0) is 50.2 Å². The topological polar surface area (TPSA) is 58.2 Å². The van der Waals surface area contributed by atoms with Gasteiger partial charge in [0.2, 0.25) is 5.91 Å². The number of hydrogen-bond acceptors (Lipinski definition) is 3. The second-order valence-electron chi connectivity index (χ2n) is 7.26. The monoisotopic (exact) mass is 355 g/mol. The van der Waals surface area contributed by atoms with Gasteiger partial charge < -0.3 is 9.64 Å². The van der Waals surface area contributed by atoms with Gasteiger partial charge in [-0.15, -0.1) is 0 Å². The van der Waals surface area contributed by atoms with Gasteiger partial charge in [0.05, 0.1) is 11.8 Å². The Morgan fingerprint density at radius 3 is 2.73 bits per heavy atom. The number of nitrogens with one attached hydrogen (secondary N) is 1. The number of rotatable bonds is 6. The van der Waals surface area contributed by atoms with Gasteiger partial charge >= 0.3 is 0 Å². The summed E-state index contributed by atoms with van der Waals surface area (Å²) >= 11 is 0. The van der Waals surface area contributed by atoms with Gasteiger partial charge in [-0.25, -0.2) is 0 Å². The molecule has 2 atom stereocenters. The molecule has 1 aliphatic rings. The number of aromatic nitrogens is 2. The minimum atomic E-state index is 0.102. The number of methoxy groups -OCH3 is 1. The summed E-state index contributed by atoms with van der Waals surface area (Å²) in [6, 6.07) is 10.5. The van der Waals surface area contributed by atoms with Crippen LogP contribution in [0.4, 0.5) is 0 Å². The van der Waals surface area contributed by atoms with Crippen molar-refractivity contribution in [3.05, 3.63) is 52.8 Å². The van der Waals surface area contributed by atoms with Crippen LogP contribution in [0.2, 0.25) is 0 Å². The highest BCUT2D eigenvalue weighted by atomic mass is 16.5. The van der Waals surface area contributed by atoms with Crippen LogP contribution < -0.4 is 0 Å². The fourth-order valence-corrected chi connectivity index (χ4v) is 3.94. The Bertz CT molecular complexity index is 707. The molecule has 5 heteroatoms. The summed E-state index contributed by atoms with van der Waals surface area (Å²) < 4.78 is 5.74. The molecule has 0 saturated carbocycles. The van der Waals surface area contributed by atoms with Crippen molar-refractivity contribution in [2.24, 2.45) is 5.92 Å². The molecule has 1 saturated heterocycles. The van der Waals surface area contributed by atoms with Crippen LogP contribution in [0.25, 0.3) is 0 Å². The number of amides is 1. The second-order valence-corrected chi connectivity index (χ2v) is 7.26. The third-order valence-electron chi connectivity index (χ3n) is 5.56. The quantitative estimate of drug-likeness (QED) is 0.866. The Hall–Kier alpha value is -2.14. The summed E-state index contributed by atoms with van der Waals surface area (Å²) in [5.41, 5.74) is 4.56. The molecular formula is C21H29N3O2. The standard InChI is InChI=1S/C21H29N3O2/c1-15-19(16(2)23-22-15)9-10-21(25)24-12-11-18(20(14-24)26-3)13-17-7-5-4-6-8-17/h4-8,18,20H,9-14H2,1-3H3,(H,22,23)/t18-,20-/m1/s1. The third kappa shape index (κ3) is 4.33. The van der Waals surface area contributed by atoms with E-state index in [9.17, 15) is 4.79 Å². The van der Waals surface area contributed by atoms with Gasteiger partial charge in [-0.2, -0.15) is 5.10 Å². The molecule has 3 rings (SSSR count). The molecule has 140 valence electrons. The predicted octanol–water partition coefficient (Wildman–Crippen LogP) is 3.07. The van der Waals surface area contributed by atoms with E-state index in [1.165, 1.54) is 11.1 Å². The van der Waals surface area contributed by atoms with Crippen molar-refractivity contribution in [1.82, 2.24) is 15.1 Å². The Balaban J connectivity index is 1.55. The van der Waals surface area contributed by atoms with Crippen molar-refractivity contribution in [3.63, 3.8) is 0 Å². The number of aryl methyl sites for hydroxylation is 2. The molecule has 2 aromatic rings. The molecular weight excluding hydrogens is 326 g/mol. The van der Waals surface area contributed by atoms with E-state index in [-0.39, 0.29) is 12.0 Å². The fraction of sp³-hybridized carbons (Fsp3) is 0.524. The summed E-state index contributed by atoms with van der Waals surface area (Å²) in [6.45, 7) is 5.50. The van der Waals surface area contributed by atoms with Crippen molar-refractivity contribution in [3.8, 4) is 0 Å². The van der Waals surface area contributed by atoms with Gasteiger partial charge in [0.15, 0.2) is 0 Å². The Morgan fingerprint density at radius 1 is 1.31 bits per heavy atom. The first-order chi connectivity index (χ1) is 12.6. The molecule has 2 heterocycles. The van der Waals surface area contributed by atoms with Crippen molar-refractivity contribution in [2.75, 3.05) is 20.2 Å². The zero-order valence-corrected chi connectivity index (χ0v) is 16.0. The zero-order chi connectivity index (χ0) is 18.5. The SMILES string of the molecule is CO[C@@H]1CN(C(=O)CCc2c(C)n[nH]c2C)CC[C@@H]1Cc1ccccc1. The average molecular weight is 355 g/mol. The molecule has 1 amide bonds. The van der Waals surface area contributed by atoms with Crippen LogP contribution >= 0.6 is 0 Å². The molecule has 0 spiro atoms. The maximum absolute atomic E-state index is 12.7. The molecule has 1 aromatic carbocycles. The van der Waals surface area contributed by atoms with Crippen LogP contribution in [0.3, 0.4) is 0 Å². The van der Waals surface area contributed by atoms with E-state index in [1.807, 2.05) is 24.8 Å². The third-order valence-corrected chi connectivity index (χ3v) is 5.56. The minimum Gasteiger partial charge on any atom is -0.379 e. The van der Waals surface area contributed by atoms with E-state index >= 15 is 0 Å². The van der Waals surface area contributed by atoms with Gasteiger partial charge in [0, 0.05) is 32.3 Å². The van der Waals surface area contributed by atoms with Gasteiger partial charge in [-0.1, -0.05) is 30.3 Å². The number of hydrogen-bond donors (Lipinski definition) is 1. The summed E-state index contributed by atoms with van der Waals surface area (Å²) in [5, 5.41) is 7.20. The minimum absolute atomic E-state index is 0.102. The predicted molar refractivity (Wildman–Crippen MR) is 102 cm³/mol. The number of carbonyl (C=O) groups is 1. The molecule has 0 bridgehead atoms. The van der Waals surface area contributed by atoms with E-state index in [0.717, 1.165) is 37.2 Å². The molecule has 0 radical (unpaired) electrons. The van der Waals surface area contributed by atoms with E-state index in [0.29, 0.717) is 18.9 Å². The second kappa shape index (κ2) is 8.49. The Kier molecular flexibility index (Phi) is 6.09. The number of carbonyl (C=O) groups excluding carboxylic acids is 1. The molecule has 1 N–H and O–H groups in total. The number of ether oxygens (including phenoxy) is 1. The number of H-pyrrole nitrogens is 1. The number of aromatic amines is 1. The van der Waals surface area contributed by atoms with E-state index < -0.39 is 0 Å². The van der Waals surface area contributed by atoms with Crippen LogP contribution in [-0.4, -0.2) is 47.3 Å². The number of benzene rings is 1. The van der Waals surface area contributed by atoms with Gasteiger partial charge in [0.1, 0.15) is 0 Å². The molecule has 26 heavy (non-hydrogen) atoms. The normalized spacial score (nSPS) is 20.3. The summed E-state index contributed by atoms with van der Waals surface area (Å²) in [7, 11) is 1.76. The average Bonchev–Trinajstić information content (AvgIpc) is 2.98. The first-order valence-electron chi connectivity index (χ1n) is 9.43. The molecule has 0 aliphatic carbocycles. The largest absolute Gasteiger partial charge is 0.379 e. The first-order valence-corrected chi connectivity index (χ1v) is 9.43. The van der Waals surface area contributed by atoms with Crippen LogP contribution in [0.1, 0.15) is 35.4 Å². The zero-order valence-electron chi connectivity index (χ0n) is 16.0. The summed E-state index contributed by atoms with van der Waals surface area (Å²) in [4.78, 5) is 14.7. The molecule has 1 aromatic heterocycles. The number of nitrogens with zero attached hydrogens (tertiary/aromatic N) is 2. The molecule has 5 nitrogen and oxygen atoms in total. The maximum Gasteiger partial charge on any atom is 0.222 e. The van der Waals surface area contributed by atoms with E-state index in [4.69, 9.17) is 4.74 Å². The smallest absolute Gasteiger partial charge is 0.222 e. The van der Waals surface area contributed by atoms with Crippen molar-refractivity contribution in [1.29, 1.82) is 0 Å². The van der Waals surface area contributed by atoms with Crippen molar-refractivity contribution in [2.45, 2.75) is 45.6 Å². The van der Waals surface area contributed by atoms with Crippen LogP contribution in [-0.2, 0) is 22.4 Å². The molecule has 1 aliphatic heterocycles. The number of piperidine rings is 1. The van der Waals surface area contributed by atoms with Crippen molar-refractivity contribution >= 4 is 5.91 Å². The lowest BCUT2D eigenvalue weighted by Gasteiger charge is -2.38. The fourth-order valence-electron chi connectivity index (χ4n) is 3.94. The van der Waals surface area contributed by atoms with Crippen LogP contribution in [0.5, 0.6) is 0 Å². The first kappa shape index (κ1) is 18.6. The van der Waals surface area contributed by atoms with E-state index in [1.54, 1.807) is 7.11 Å². The lowest BCUT2D eigenvalue weighted by atomic mass is 9.87. The highest BCUT2D eigenvalue weighted by Gasteiger charge is 2.31. The highest BCUT2D eigenvalue weighted by molar-refractivity contribution is 5.76. The van der Waals surface area contributed by atoms with Crippen molar-refractivity contribution < 1.29 is 9.53 Å². The molecule has 1 fully saturated rings. The Labute approximate surface area is 155 Å². The number of likely N-dealkylation sites (tertiary alicyclic amines) is 1. The van der Waals surface area contributed by atoms with Gasteiger partial charge in [-0.3, -0.25) is 9.89 Å². The van der Waals surface area contributed by atoms with Gasteiger partial charge in [0.25, 0.3) is 0 Å². The lowest BCUT2D eigenvalue weighted by Crippen LogP contribution is -2.48. The van der Waals surface area contributed by atoms with Crippen LogP contribution in [0.15, 0.2) is 30.3 Å². The van der Waals surface area contributed by atoms with E-state index in [2.05, 4.69) is 34.5 Å². The summed E-state index contributed by atoms with van der Waals surface area (Å²) in [6.07, 6.45) is 3.37.